The maximum Gasteiger partial charge on any atom is 0.151 e. The molecule has 2 N–H and O–H groups in total. The fraction of sp³-hybridized carbons (Fsp3) is 0.261. The first-order valence-corrected chi connectivity index (χ1v) is 11.1. The molecular formula is C23H18ClFN8O. The number of nitrogens with one attached hydrogen (secondary N) is 1. The molecule has 1 aromatic carbocycles. The van der Waals surface area contributed by atoms with Gasteiger partial charge in [-0.05, 0) is 18.6 Å². The average Bonchev–Trinajstić information content (AvgIpc) is 3.26. The Kier molecular flexibility index (Phi) is 4.83. The molecule has 2 bridgehead atoms. The number of aromatic nitrogens is 5. The fourth-order valence-electron chi connectivity index (χ4n) is 4.77. The smallest absolute Gasteiger partial charge is 0.151 e. The van der Waals surface area contributed by atoms with Gasteiger partial charge in [-0.1, -0.05) is 11.6 Å². The van der Waals surface area contributed by atoms with Crippen molar-refractivity contribution in [1.29, 1.82) is 5.26 Å². The van der Waals surface area contributed by atoms with Crippen LogP contribution in [0.5, 0.6) is 0 Å². The minimum Gasteiger partial charge on any atom is -0.392 e. The maximum absolute atomic E-state index is 14.7. The second-order valence-corrected chi connectivity index (χ2v) is 9.03. The van der Waals surface area contributed by atoms with Gasteiger partial charge in [-0.2, -0.15) is 10.4 Å². The van der Waals surface area contributed by atoms with Crippen LogP contribution in [0.3, 0.4) is 0 Å². The van der Waals surface area contributed by atoms with Gasteiger partial charge in [-0.15, -0.1) is 0 Å². The quantitative estimate of drug-likeness (QED) is 0.460. The molecule has 2 atom stereocenters. The first kappa shape index (κ1) is 20.8. The van der Waals surface area contributed by atoms with E-state index in [9.17, 15) is 9.50 Å². The summed E-state index contributed by atoms with van der Waals surface area (Å²) in [6, 6.07) is 7.99. The second-order valence-electron chi connectivity index (χ2n) is 8.62. The van der Waals surface area contributed by atoms with Crippen molar-refractivity contribution in [3.8, 4) is 11.8 Å². The van der Waals surface area contributed by atoms with Crippen LogP contribution in [0.15, 0.2) is 43.0 Å². The Hall–Kier alpha value is -3.81. The molecule has 5 heterocycles. The van der Waals surface area contributed by atoms with E-state index in [0.717, 1.165) is 31.4 Å². The molecule has 9 nitrogen and oxygen atoms in total. The lowest BCUT2D eigenvalue weighted by molar-refractivity contribution is -0.0533. The summed E-state index contributed by atoms with van der Waals surface area (Å²) in [5.41, 5.74) is 0.775. The second kappa shape index (κ2) is 7.90. The first-order chi connectivity index (χ1) is 16.5. The molecule has 4 aromatic rings. The highest BCUT2D eigenvalue weighted by Crippen LogP contribution is 2.41. The van der Waals surface area contributed by atoms with E-state index in [1.807, 2.05) is 12.1 Å². The molecule has 0 amide bonds. The topological polar surface area (TPSA) is 116 Å². The Morgan fingerprint density at radius 2 is 1.88 bits per heavy atom. The number of fused-ring (bicyclic) bond motifs is 3. The van der Waals surface area contributed by atoms with Gasteiger partial charge in [0.05, 0.1) is 34.5 Å². The molecule has 2 saturated heterocycles. The lowest BCUT2D eigenvalue weighted by Crippen LogP contribution is -2.58. The number of pyridine rings is 1. The Balaban J connectivity index is 1.30. The number of halogens is 2. The van der Waals surface area contributed by atoms with Crippen molar-refractivity contribution in [3.05, 3.63) is 59.4 Å². The number of piperidine rings is 2. The van der Waals surface area contributed by atoms with Gasteiger partial charge in [0.25, 0.3) is 0 Å². The van der Waals surface area contributed by atoms with Crippen LogP contribution in [0, 0.1) is 29.0 Å². The molecule has 0 spiro atoms. The normalized spacial score (nSPS) is 21.2. The lowest BCUT2D eigenvalue weighted by Gasteiger charge is -2.51. The number of anilines is 3. The van der Waals surface area contributed by atoms with Crippen molar-refractivity contribution >= 4 is 40.0 Å². The molecule has 3 aliphatic rings. The van der Waals surface area contributed by atoms with E-state index in [-0.39, 0.29) is 22.4 Å². The van der Waals surface area contributed by atoms with Crippen LogP contribution < -0.4 is 10.2 Å². The zero-order valence-electron chi connectivity index (χ0n) is 17.7. The number of aliphatic hydroxyl groups is 1. The van der Waals surface area contributed by atoms with E-state index in [0.29, 0.717) is 34.4 Å². The van der Waals surface area contributed by atoms with E-state index in [1.165, 1.54) is 17.1 Å². The SMILES string of the molecule is N#Cc1cc(F)c(-n2ncc3cnc(Nc4cc(N5CC6CC(C5)C6O)ncn4)cc32)c(Cl)c1. The molecule has 7 rings (SSSR count). The van der Waals surface area contributed by atoms with Crippen LogP contribution in [-0.2, 0) is 0 Å². The standard InChI is InChI=1S/C23H18ClFN8O/c24-16-1-12(6-26)2-17(25)22(16)33-18-4-19(27-7-15(18)8-30-33)31-20-5-21(29-11-28-20)32-9-13-3-14(10-32)23(13)34/h1-2,4-5,7-8,11,13-14,23,34H,3,9-10H2,(H,27,28,29,31). The zero-order chi connectivity index (χ0) is 23.4. The van der Waals surface area contributed by atoms with Crippen LogP contribution in [-0.4, -0.2) is 49.0 Å². The predicted octanol–water partition coefficient (Wildman–Crippen LogP) is 3.44. The monoisotopic (exact) mass is 476 g/mol. The van der Waals surface area contributed by atoms with Gasteiger partial charge in [-0.25, -0.2) is 24.0 Å². The van der Waals surface area contributed by atoms with E-state index >= 15 is 0 Å². The fourth-order valence-corrected chi connectivity index (χ4v) is 5.06. The van der Waals surface area contributed by atoms with Gasteiger partial charge in [0.1, 0.15) is 29.5 Å². The molecule has 3 aromatic heterocycles. The third-order valence-electron chi connectivity index (χ3n) is 6.52. The van der Waals surface area contributed by atoms with Gasteiger partial charge in [0.2, 0.25) is 0 Å². The highest BCUT2D eigenvalue weighted by Gasteiger charge is 2.46. The Labute approximate surface area is 198 Å². The largest absolute Gasteiger partial charge is 0.392 e. The highest BCUT2D eigenvalue weighted by molar-refractivity contribution is 6.32. The van der Waals surface area contributed by atoms with E-state index in [2.05, 4.69) is 30.3 Å². The number of hydrogen-bond acceptors (Lipinski definition) is 8. The Morgan fingerprint density at radius 3 is 2.62 bits per heavy atom. The van der Waals surface area contributed by atoms with Crippen LogP contribution in [0.1, 0.15) is 12.0 Å². The number of nitriles is 1. The Morgan fingerprint density at radius 1 is 1.09 bits per heavy atom. The van der Waals surface area contributed by atoms with Gasteiger partial charge in [0, 0.05) is 48.6 Å². The molecule has 1 aliphatic carbocycles. The number of aliphatic hydroxyl groups excluding tert-OH is 1. The minimum absolute atomic E-state index is 0.0583. The molecule has 1 saturated carbocycles. The van der Waals surface area contributed by atoms with E-state index in [4.69, 9.17) is 16.9 Å². The lowest BCUT2D eigenvalue weighted by atomic mass is 9.68. The number of benzene rings is 1. The summed E-state index contributed by atoms with van der Waals surface area (Å²) >= 11 is 6.27. The van der Waals surface area contributed by atoms with Crippen LogP contribution in [0.2, 0.25) is 5.02 Å². The van der Waals surface area contributed by atoms with E-state index in [1.54, 1.807) is 18.5 Å². The van der Waals surface area contributed by atoms with Crippen molar-refractivity contribution < 1.29 is 9.50 Å². The third kappa shape index (κ3) is 3.41. The molecule has 2 aliphatic heterocycles. The van der Waals surface area contributed by atoms with Gasteiger partial charge in [0.15, 0.2) is 5.82 Å². The third-order valence-corrected chi connectivity index (χ3v) is 6.81. The highest BCUT2D eigenvalue weighted by atomic mass is 35.5. The summed E-state index contributed by atoms with van der Waals surface area (Å²) in [4.78, 5) is 15.3. The summed E-state index contributed by atoms with van der Waals surface area (Å²) in [5, 5.41) is 27.3. The average molecular weight is 477 g/mol. The molecule has 3 fully saturated rings. The maximum atomic E-state index is 14.7. The molecule has 11 heteroatoms. The van der Waals surface area contributed by atoms with Crippen molar-refractivity contribution in [2.75, 3.05) is 23.3 Å². The predicted molar refractivity (Wildman–Crippen MR) is 124 cm³/mol. The van der Waals surface area contributed by atoms with Crippen molar-refractivity contribution in [2.45, 2.75) is 12.5 Å². The Bertz CT molecular complexity index is 1430. The number of nitrogens with zero attached hydrogens (tertiary/aromatic N) is 7. The molecule has 2 unspecified atom stereocenters. The van der Waals surface area contributed by atoms with Gasteiger partial charge in [-0.3, -0.25) is 0 Å². The van der Waals surface area contributed by atoms with Crippen molar-refractivity contribution in [2.24, 2.45) is 11.8 Å². The first-order valence-electron chi connectivity index (χ1n) is 10.8. The molecule has 0 radical (unpaired) electrons. The number of rotatable bonds is 4. The molecule has 34 heavy (non-hydrogen) atoms. The summed E-state index contributed by atoms with van der Waals surface area (Å²) in [7, 11) is 0. The zero-order valence-corrected chi connectivity index (χ0v) is 18.5. The molecule has 170 valence electrons. The summed E-state index contributed by atoms with van der Waals surface area (Å²) < 4.78 is 16.1. The molecular weight excluding hydrogens is 459 g/mol. The van der Waals surface area contributed by atoms with Crippen LogP contribution in [0.4, 0.5) is 21.8 Å². The summed E-state index contributed by atoms with van der Waals surface area (Å²) in [5.74, 6) is 1.78. The van der Waals surface area contributed by atoms with Gasteiger partial charge < -0.3 is 15.3 Å². The summed E-state index contributed by atoms with van der Waals surface area (Å²) in [6.45, 7) is 1.54. The minimum atomic E-state index is -0.648. The summed E-state index contributed by atoms with van der Waals surface area (Å²) in [6.07, 6.45) is 5.54. The van der Waals surface area contributed by atoms with Crippen molar-refractivity contribution in [1.82, 2.24) is 24.7 Å². The van der Waals surface area contributed by atoms with Crippen LogP contribution in [0.25, 0.3) is 16.6 Å². The van der Waals surface area contributed by atoms with Gasteiger partial charge >= 0.3 is 0 Å². The number of hydrogen-bond donors (Lipinski definition) is 2. The van der Waals surface area contributed by atoms with Crippen LogP contribution >= 0.6 is 11.6 Å². The van der Waals surface area contributed by atoms with E-state index < -0.39 is 5.82 Å². The van der Waals surface area contributed by atoms with Crippen molar-refractivity contribution in [3.63, 3.8) is 0 Å².